The maximum atomic E-state index is 12.8. The van der Waals surface area contributed by atoms with Crippen LogP contribution in [0.3, 0.4) is 0 Å². The number of hydrogen-bond acceptors (Lipinski definition) is 3. The quantitative estimate of drug-likeness (QED) is 0.527. The summed E-state index contributed by atoms with van der Waals surface area (Å²) in [5, 5.41) is 6.79. The van der Waals surface area contributed by atoms with Gasteiger partial charge in [-0.1, -0.05) is 61.3 Å². The van der Waals surface area contributed by atoms with Gasteiger partial charge in [-0.15, -0.1) is 11.3 Å². The van der Waals surface area contributed by atoms with Crippen LogP contribution in [0, 0.1) is 5.92 Å². The van der Waals surface area contributed by atoms with Gasteiger partial charge in [-0.05, 0) is 35.7 Å². The highest BCUT2D eigenvalue weighted by atomic mass is 35.5. The van der Waals surface area contributed by atoms with E-state index in [0.717, 1.165) is 16.8 Å². The molecule has 2 aromatic carbocycles. The number of nitrogens with one attached hydrogen (secondary N) is 1. The minimum atomic E-state index is -0.268. The highest BCUT2D eigenvalue weighted by Crippen LogP contribution is 2.30. The molecule has 0 unspecified atom stereocenters. The van der Waals surface area contributed by atoms with Crippen molar-refractivity contribution in [2.24, 2.45) is 5.92 Å². The van der Waals surface area contributed by atoms with Gasteiger partial charge in [0.2, 0.25) is 5.91 Å². The predicted molar refractivity (Wildman–Crippen MR) is 110 cm³/mol. The molecule has 26 heavy (non-hydrogen) atoms. The Balaban J connectivity index is 1.77. The molecule has 3 nitrogen and oxygen atoms in total. The van der Waals surface area contributed by atoms with Crippen molar-refractivity contribution < 1.29 is 4.79 Å². The standard InChI is InChI=1S/C20H18Cl2N2OS/c1-12(2)18(14-5-9-16(22)10-6-14)19(25)24-20-23-17(11-26-20)13-3-7-15(21)8-4-13/h3-12,18H,1-2H3,(H,23,24,25)/t18-/m0/s1. The Morgan fingerprint density at radius 2 is 1.58 bits per heavy atom. The molecule has 0 aliphatic heterocycles. The van der Waals surface area contributed by atoms with Gasteiger partial charge in [-0.25, -0.2) is 4.98 Å². The molecule has 0 aliphatic rings. The van der Waals surface area contributed by atoms with E-state index in [0.29, 0.717) is 15.2 Å². The highest BCUT2D eigenvalue weighted by molar-refractivity contribution is 7.14. The molecule has 6 heteroatoms. The van der Waals surface area contributed by atoms with E-state index in [4.69, 9.17) is 23.2 Å². The number of nitrogens with zero attached hydrogens (tertiary/aromatic N) is 1. The zero-order chi connectivity index (χ0) is 18.7. The monoisotopic (exact) mass is 404 g/mol. The number of carbonyl (C=O) groups is 1. The van der Waals surface area contributed by atoms with E-state index in [1.807, 2.05) is 67.8 Å². The maximum absolute atomic E-state index is 12.8. The number of amides is 1. The summed E-state index contributed by atoms with van der Waals surface area (Å²) in [5.74, 6) is -0.193. The van der Waals surface area contributed by atoms with Crippen LogP contribution < -0.4 is 5.32 Å². The van der Waals surface area contributed by atoms with E-state index in [-0.39, 0.29) is 17.7 Å². The molecule has 3 rings (SSSR count). The lowest BCUT2D eigenvalue weighted by Gasteiger charge is -2.20. The number of benzene rings is 2. The molecule has 3 aromatic rings. The molecule has 0 radical (unpaired) electrons. The number of halogens is 2. The summed E-state index contributed by atoms with van der Waals surface area (Å²) >= 11 is 13.3. The van der Waals surface area contributed by atoms with Crippen LogP contribution in [-0.4, -0.2) is 10.9 Å². The Morgan fingerprint density at radius 1 is 1.00 bits per heavy atom. The van der Waals surface area contributed by atoms with Gasteiger partial charge in [0.1, 0.15) is 0 Å². The zero-order valence-electron chi connectivity index (χ0n) is 14.4. The van der Waals surface area contributed by atoms with Crippen molar-refractivity contribution in [3.8, 4) is 11.3 Å². The van der Waals surface area contributed by atoms with E-state index in [1.165, 1.54) is 11.3 Å². The SMILES string of the molecule is CC(C)[C@H](C(=O)Nc1nc(-c2ccc(Cl)cc2)cs1)c1ccc(Cl)cc1. The summed E-state index contributed by atoms with van der Waals surface area (Å²) in [7, 11) is 0. The molecule has 0 spiro atoms. The first-order valence-electron chi connectivity index (χ1n) is 8.22. The minimum absolute atomic E-state index is 0.0701. The van der Waals surface area contributed by atoms with E-state index in [9.17, 15) is 4.79 Å². The van der Waals surface area contributed by atoms with Crippen molar-refractivity contribution in [3.63, 3.8) is 0 Å². The summed E-state index contributed by atoms with van der Waals surface area (Å²) in [6.07, 6.45) is 0. The topological polar surface area (TPSA) is 42.0 Å². The molecule has 1 N–H and O–H groups in total. The van der Waals surface area contributed by atoms with E-state index < -0.39 is 0 Å². The maximum Gasteiger partial charge on any atom is 0.233 e. The smallest absolute Gasteiger partial charge is 0.233 e. The first kappa shape index (κ1) is 18.9. The van der Waals surface area contributed by atoms with Crippen molar-refractivity contribution in [2.45, 2.75) is 19.8 Å². The van der Waals surface area contributed by atoms with Crippen LogP contribution in [0.4, 0.5) is 5.13 Å². The average molecular weight is 405 g/mol. The van der Waals surface area contributed by atoms with Gasteiger partial charge in [-0.2, -0.15) is 0 Å². The largest absolute Gasteiger partial charge is 0.301 e. The van der Waals surface area contributed by atoms with Crippen LogP contribution in [-0.2, 0) is 4.79 Å². The summed E-state index contributed by atoms with van der Waals surface area (Å²) in [4.78, 5) is 17.4. The van der Waals surface area contributed by atoms with Gasteiger partial charge in [-0.3, -0.25) is 4.79 Å². The molecule has 0 fully saturated rings. The second kappa shape index (κ2) is 8.21. The summed E-state index contributed by atoms with van der Waals surface area (Å²) < 4.78 is 0. The number of thiazole rings is 1. The Hall–Kier alpha value is -1.88. The van der Waals surface area contributed by atoms with Crippen LogP contribution in [0.25, 0.3) is 11.3 Å². The fourth-order valence-corrected chi connectivity index (χ4v) is 3.75. The third kappa shape index (κ3) is 4.44. The fraction of sp³-hybridized carbons (Fsp3) is 0.200. The normalized spacial score (nSPS) is 12.2. The molecule has 0 saturated heterocycles. The predicted octanol–water partition coefficient (Wildman–Crippen LogP) is 6.50. The van der Waals surface area contributed by atoms with Crippen LogP contribution in [0.1, 0.15) is 25.3 Å². The van der Waals surface area contributed by atoms with Crippen molar-refractivity contribution in [1.82, 2.24) is 4.98 Å². The lowest BCUT2D eigenvalue weighted by molar-refractivity contribution is -0.118. The summed E-state index contributed by atoms with van der Waals surface area (Å²) in [5.41, 5.74) is 2.72. The van der Waals surface area contributed by atoms with Gasteiger partial charge in [0.25, 0.3) is 0 Å². The van der Waals surface area contributed by atoms with Crippen LogP contribution >= 0.6 is 34.5 Å². The van der Waals surface area contributed by atoms with Gasteiger partial charge in [0, 0.05) is 21.0 Å². The van der Waals surface area contributed by atoms with Gasteiger partial charge in [0.15, 0.2) is 5.13 Å². The van der Waals surface area contributed by atoms with E-state index in [2.05, 4.69) is 10.3 Å². The highest BCUT2D eigenvalue weighted by Gasteiger charge is 2.25. The molecule has 0 bridgehead atoms. The average Bonchev–Trinajstić information content (AvgIpc) is 3.05. The molecule has 0 saturated carbocycles. The second-order valence-corrected chi connectivity index (χ2v) is 8.04. The molecule has 1 amide bonds. The fourth-order valence-electron chi connectivity index (χ4n) is 2.78. The third-order valence-corrected chi connectivity index (χ3v) is 5.31. The lowest BCUT2D eigenvalue weighted by atomic mass is 9.88. The molecule has 134 valence electrons. The van der Waals surface area contributed by atoms with Gasteiger partial charge in [0.05, 0.1) is 11.6 Å². The Kier molecular flexibility index (Phi) is 5.97. The summed E-state index contributed by atoms with van der Waals surface area (Å²) in [6, 6.07) is 14.9. The summed E-state index contributed by atoms with van der Waals surface area (Å²) in [6.45, 7) is 4.06. The van der Waals surface area contributed by atoms with Crippen molar-refractivity contribution >= 4 is 45.6 Å². The molecule has 1 aromatic heterocycles. The van der Waals surface area contributed by atoms with Crippen molar-refractivity contribution in [1.29, 1.82) is 0 Å². The Morgan fingerprint density at radius 3 is 2.15 bits per heavy atom. The van der Waals surface area contributed by atoms with Crippen LogP contribution in [0.5, 0.6) is 0 Å². The number of hydrogen-bond donors (Lipinski definition) is 1. The number of aromatic nitrogens is 1. The molecule has 1 atom stereocenters. The third-order valence-electron chi connectivity index (χ3n) is 4.05. The van der Waals surface area contributed by atoms with E-state index >= 15 is 0 Å². The molecule has 0 aliphatic carbocycles. The van der Waals surface area contributed by atoms with Crippen molar-refractivity contribution in [2.75, 3.05) is 5.32 Å². The second-order valence-electron chi connectivity index (χ2n) is 6.31. The van der Waals surface area contributed by atoms with E-state index in [1.54, 1.807) is 0 Å². The van der Waals surface area contributed by atoms with Gasteiger partial charge < -0.3 is 5.32 Å². The number of anilines is 1. The minimum Gasteiger partial charge on any atom is -0.301 e. The van der Waals surface area contributed by atoms with Crippen LogP contribution in [0.2, 0.25) is 10.0 Å². The first-order valence-corrected chi connectivity index (χ1v) is 9.85. The Bertz CT molecular complexity index is 889. The number of carbonyl (C=O) groups excluding carboxylic acids is 1. The Labute approximate surface area is 167 Å². The molecule has 1 heterocycles. The van der Waals surface area contributed by atoms with Gasteiger partial charge >= 0.3 is 0 Å². The van der Waals surface area contributed by atoms with Crippen molar-refractivity contribution in [3.05, 3.63) is 69.5 Å². The van der Waals surface area contributed by atoms with Crippen LogP contribution in [0.15, 0.2) is 53.9 Å². The molecular formula is C20H18Cl2N2OS. The first-order chi connectivity index (χ1) is 12.4. The molecular weight excluding hydrogens is 387 g/mol. The number of rotatable bonds is 5. The lowest BCUT2D eigenvalue weighted by Crippen LogP contribution is -2.25. The zero-order valence-corrected chi connectivity index (χ0v) is 16.7.